The van der Waals surface area contributed by atoms with Crippen LogP contribution in [0.5, 0.6) is 5.75 Å². The summed E-state index contributed by atoms with van der Waals surface area (Å²) in [6.07, 6.45) is 1.17. The van der Waals surface area contributed by atoms with E-state index in [0.29, 0.717) is 25.1 Å². The second-order valence-electron chi connectivity index (χ2n) is 5.82. The number of nitrogens with zero attached hydrogens (tertiary/aromatic N) is 1. The lowest BCUT2D eigenvalue weighted by atomic mass is 10.1. The van der Waals surface area contributed by atoms with E-state index in [0.717, 1.165) is 17.7 Å². The predicted molar refractivity (Wildman–Crippen MR) is 93.5 cm³/mol. The summed E-state index contributed by atoms with van der Waals surface area (Å²) in [7, 11) is 1.64. The molecule has 0 radical (unpaired) electrons. The first-order valence-electron chi connectivity index (χ1n) is 7.89. The molecule has 24 heavy (non-hydrogen) atoms. The maximum atomic E-state index is 12.1. The molecule has 126 valence electrons. The van der Waals surface area contributed by atoms with Crippen molar-refractivity contribution in [1.29, 1.82) is 0 Å². The van der Waals surface area contributed by atoms with Gasteiger partial charge in [0, 0.05) is 30.5 Å². The fourth-order valence-corrected chi connectivity index (χ4v) is 3.44. The van der Waals surface area contributed by atoms with Gasteiger partial charge < -0.3 is 15.0 Å². The van der Waals surface area contributed by atoms with Gasteiger partial charge in [0.2, 0.25) is 5.91 Å². The Labute approximate surface area is 145 Å². The zero-order valence-electron chi connectivity index (χ0n) is 13.5. The normalized spacial score (nSPS) is 17.1. The largest absolute Gasteiger partial charge is 0.497 e. The summed E-state index contributed by atoms with van der Waals surface area (Å²) in [6.45, 7) is 1.24. The number of amides is 2. The molecule has 1 aromatic heterocycles. The Bertz CT molecular complexity index is 698. The summed E-state index contributed by atoms with van der Waals surface area (Å²) in [4.78, 5) is 26.0. The Morgan fingerprint density at radius 3 is 2.79 bits per heavy atom. The van der Waals surface area contributed by atoms with Crippen molar-refractivity contribution in [2.24, 2.45) is 0 Å². The summed E-state index contributed by atoms with van der Waals surface area (Å²) in [5.41, 5.74) is 1.82. The average molecular weight is 344 g/mol. The Hall–Kier alpha value is -2.34. The number of benzene rings is 1. The van der Waals surface area contributed by atoms with Crippen molar-refractivity contribution >= 4 is 23.2 Å². The molecule has 3 rings (SSSR count). The number of hydrogen-bond donors (Lipinski definition) is 1. The first-order valence-corrected chi connectivity index (χ1v) is 8.84. The Balaban J connectivity index is 1.50. The quantitative estimate of drug-likeness (QED) is 0.875. The molecular formula is C18H20N2O3S. The molecular weight excluding hydrogens is 324 g/mol. The number of hydrogen-bond acceptors (Lipinski definition) is 4. The number of rotatable bonds is 6. The molecule has 0 aliphatic carbocycles. The highest BCUT2D eigenvalue weighted by Gasteiger charge is 2.30. The lowest BCUT2D eigenvalue weighted by molar-refractivity contribution is -0.127. The van der Waals surface area contributed by atoms with Crippen molar-refractivity contribution in [3.05, 3.63) is 52.2 Å². The molecule has 1 saturated heterocycles. The van der Waals surface area contributed by atoms with E-state index < -0.39 is 0 Å². The fourth-order valence-electron chi connectivity index (χ4n) is 2.80. The van der Waals surface area contributed by atoms with Crippen LogP contribution in [-0.4, -0.2) is 43.0 Å². The monoisotopic (exact) mass is 344 g/mol. The third kappa shape index (κ3) is 3.94. The van der Waals surface area contributed by atoms with Crippen LogP contribution in [0.4, 0.5) is 0 Å². The topological polar surface area (TPSA) is 58.6 Å². The van der Waals surface area contributed by atoms with E-state index in [1.165, 1.54) is 11.3 Å². The predicted octanol–water partition coefficient (Wildman–Crippen LogP) is 2.33. The van der Waals surface area contributed by atoms with E-state index in [1.54, 1.807) is 13.2 Å². The van der Waals surface area contributed by atoms with Gasteiger partial charge in [-0.1, -0.05) is 12.1 Å². The summed E-state index contributed by atoms with van der Waals surface area (Å²) < 4.78 is 5.14. The maximum Gasteiger partial charge on any atom is 0.252 e. The van der Waals surface area contributed by atoms with E-state index in [2.05, 4.69) is 5.32 Å². The summed E-state index contributed by atoms with van der Waals surface area (Å²) in [5.74, 6) is 0.817. The molecule has 1 aliphatic rings. The van der Waals surface area contributed by atoms with Crippen LogP contribution in [0.1, 0.15) is 22.3 Å². The van der Waals surface area contributed by atoms with Gasteiger partial charge in [0.1, 0.15) is 5.75 Å². The van der Waals surface area contributed by atoms with Crippen molar-refractivity contribution in [3.8, 4) is 5.75 Å². The van der Waals surface area contributed by atoms with Crippen molar-refractivity contribution in [2.45, 2.75) is 18.9 Å². The number of methoxy groups -OCH3 is 1. The molecule has 0 unspecified atom stereocenters. The molecule has 1 atom stereocenters. The highest BCUT2D eigenvalue weighted by atomic mass is 32.1. The van der Waals surface area contributed by atoms with Crippen LogP contribution in [0.2, 0.25) is 0 Å². The van der Waals surface area contributed by atoms with E-state index >= 15 is 0 Å². The molecule has 2 aromatic rings. The van der Waals surface area contributed by atoms with Gasteiger partial charge in [-0.05, 0) is 35.6 Å². The van der Waals surface area contributed by atoms with Crippen molar-refractivity contribution in [3.63, 3.8) is 0 Å². The number of carbonyl (C=O) groups is 2. The van der Waals surface area contributed by atoms with Crippen molar-refractivity contribution in [2.75, 3.05) is 20.2 Å². The molecule has 1 aliphatic heterocycles. The minimum atomic E-state index is -0.110. The molecule has 2 heterocycles. The van der Waals surface area contributed by atoms with Crippen LogP contribution in [0.15, 0.2) is 41.1 Å². The molecule has 2 amide bonds. The van der Waals surface area contributed by atoms with Crippen LogP contribution in [0.25, 0.3) is 0 Å². The number of ether oxygens (including phenoxy) is 1. The number of likely N-dealkylation sites (tertiary alicyclic amines) is 1. The summed E-state index contributed by atoms with van der Waals surface area (Å²) in [5, 5.41) is 6.63. The van der Waals surface area contributed by atoms with Crippen LogP contribution in [0, 0.1) is 0 Å². The highest BCUT2D eigenvalue weighted by Crippen LogP contribution is 2.16. The molecule has 5 nitrogen and oxygen atoms in total. The lowest BCUT2D eigenvalue weighted by Crippen LogP contribution is -2.37. The van der Waals surface area contributed by atoms with E-state index in [-0.39, 0.29) is 17.9 Å². The summed E-state index contributed by atoms with van der Waals surface area (Å²) >= 11 is 1.49. The van der Waals surface area contributed by atoms with Crippen molar-refractivity contribution in [1.82, 2.24) is 10.2 Å². The number of nitrogens with one attached hydrogen (secondary N) is 1. The molecule has 6 heteroatoms. The first kappa shape index (κ1) is 16.5. The van der Waals surface area contributed by atoms with Crippen LogP contribution in [0.3, 0.4) is 0 Å². The Morgan fingerprint density at radius 1 is 1.33 bits per heavy atom. The zero-order chi connectivity index (χ0) is 16.9. The fraction of sp³-hybridized carbons (Fsp3) is 0.333. The van der Waals surface area contributed by atoms with Gasteiger partial charge in [-0.3, -0.25) is 9.59 Å². The molecule has 0 saturated carbocycles. The second kappa shape index (κ2) is 7.49. The first-order chi connectivity index (χ1) is 11.7. The third-order valence-corrected chi connectivity index (χ3v) is 4.85. The van der Waals surface area contributed by atoms with E-state index in [9.17, 15) is 9.59 Å². The van der Waals surface area contributed by atoms with Gasteiger partial charge in [0.05, 0.1) is 13.2 Å². The van der Waals surface area contributed by atoms with Crippen LogP contribution < -0.4 is 10.1 Å². The zero-order valence-corrected chi connectivity index (χ0v) is 14.3. The third-order valence-electron chi connectivity index (χ3n) is 4.16. The van der Waals surface area contributed by atoms with E-state index in [4.69, 9.17) is 4.74 Å². The van der Waals surface area contributed by atoms with Gasteiger partial charge in [0.25, 0.3) is 5.91 Å². The van der Waals surface area contributed by atoms with Crippen LogP contribution in [-0.2, 0) is 11.2 Å². The second-order valence-corrected chi connectivity index (χ2v) is 6.60. The van der Waals surface area contributed by atoms with Gasteiger partial charge >= 0.3 is 0 Å². The smallest absolute Gasteiger partial charge is 0.252 e. The standard InChI is InChI=1S/C18H20N2O3S/c1-23-16-4-2-13(3-5-16)6-8-20-11-15(10-17(20)21)19-18(22)14-7-9-24-12-14/h2-5,7,9,12,15H,6,8,10-11H2,1H3,(H,19,22)/t15-/m1/s1. The minimum Gasteiger partial charge on any atom is -0.497 e. The van der Waals surface area contributed by atoms with Gasteiger partial charge in [-0.2, -0.15) is 11.3 Å². The van der Waals surface area contributed by atoms with Crippen LogP contribution >= 0.6 is 11.3 Å². The SMILES string of the molecule is COc1ccc(CCN2C[C@H](NC(=O)c3ccsc3)CC2=O)cc1. The molecule has 1 fully saturated rings. The lowest BCUT2D eigenvalue weighted by Gasteiger charge is -2.17. The molecule has 1 N–H and O–H groups in total. The highest BCUT2D eigenvalue weighted by molar-refractivity contribution is 7.08. The van der Waals surface area contributed by atoms with Crippen molar-refractivity contribution < 1.29 is 14.3 Å². The Morgan fingerprint density at radius 2 is 2.12 bits per heavy atom. The van der Waals surface area contributed by atoms with Gasteiger partial charge in [-0.15, -0.1) is 0 Å². The van der Waals surface area contributed by atoms with Gasteiger partial charge in [-0.25, -0.2) is 0 Å². The average Bonchev–Trinajstić information content (AvgIpc) is 3.23. The van der Waals surface area contributed by atoms with Gasteiger partial charge in [0.15, 0.2) is 0 Å². The molecule has 1 aromatic carbocycles. The molecule has 0 spiro atoms. The number of thiophene rings is 1. The maximum absolute atomic E-state index is 12.1. The number of carbonyl (C=O) groups excluding carboxylic acids is 2. The summed E-state index contributed by atoms with van der Waals surface area (Å²) in [6, 6.07) is 9.54. The molecule has 0 bridgehead atoms. The Kier molecular flexibility index (Phi) is 5.15. The minimum absolute atomic E-state index is 0.0964. The van der Waals surface area contributed by atoms with E-state index in [1.807, 2.05) is 39.9 Å².